The van der Waals surface area contributed by atoms with Gasteiger partial charge in [-0.1, -0.05) is 0 Å². The van der Waals surface area contributed by atoms with Crippen molar-refractivity contribution in [2.75, 3.05) is 25.1 Å². The summed E-state index contributed by atoms with van der Waals surface area (Å²) in [6, 6.07) is 1.17. The van der Waals surface area contributed by atoms with E-state index in [2.05, 4.69) is 5.32 Å². The third-order valence-corrected chi connectivity index (χ3v) is 8.23. The maximum atomic E-state index is 15.6. The first-order valence-electron chi connectivity index (χ1n) is 12.1. The summed E-state index contributed by atoms with van der Waals surface area (Å²) < 4.78 is 29.4. The Labute approximate surface area is 211 Å². The zero-order valence-electron chi connectivity index (χ0n) is 20.5. The van der Waals surface area contributed by atoms with Gasteiger partial charge in [-0.25, -0.2) is 4.79 Å². The molecule has 2 aliphatic carbocycles. The molecule has 4 unspecified atom stereocenters. The summed E-state index contributed by atoms with van der Waals surface area (Å²) in [6.45, 7) is 6.62. The molecule has 1 aromatic carbocycles. The number of alkyl carbamates (subject to hydrolysis) is 1. The van der Waals surface area contributed by atoms with Crippen molar-refractivity contribution in [3.8, 4) is 5.75 Å². The van der Waals surface area contributed by atoms with E-state index in [9.17, 15) is 14.4 Å². The van der Waals surface area contributed by atoms with Gasteiger partial charge in [0.15, 0.2) is 0 Å². The summed E-state index contributed by atoms with van der Waals surface area (Å²) in [4.78, 5) is 40.2. The van der Waals surface area contributed by atoms with E-state index < -0.39 is 23.1 Å². The molecule has 0 radical (unpaired) electrons. The number of fused-ring (bicyclic) bond motifs is 2. The number of carbonyl (C=O) groups excluding carboxylic acids is 1. The Morgan fingerprint density at radius 3 is 2.51 bits per heavy atom. The second kappa shape index (κ2) is 8.57. The van der Waals surface area contributed by atoms with Crippen LogP contribution >= 0.6 is 0 Å². The van der Waals surface area contributed by atoms with Crippen LogP contribution in [-0.2, 0) is 4.74 Å². The molecule has 9 nitrogen and oxygen atoms in total. The van der Waals surface area contributed by atoms with Gasteiger partial charge in [-0.15, -0.1) is 0 Å². The van der Waals surface area contributed by atoms with Gasteiger partial charge in [-0.3, -0.25) is 0 Å². The molecule has 0 bridgehead atoms. The zero-order valence-corrected chi connectivity index (χ0v) is 22.9. The number of nitrogens with zero attached hydrogens (tertiary/aromatic N) is 3. The topological polar surface area (TPSA) is 94.8 Å². The molecule has 2 aromatic rings. The van der Waals surface area contributed by atoms with Gasteiger partial charge in [-0.05, 0) is 20.8 Å². The molecule has 0 spiro atoms. The summed E-state index contributed by atoms with van der Waals surface area (Å²) in [5.41, 5.74) is -0.832. The molecular weight excluding hydrogens is 518 g/mol. The monoisotopic (exact) mass is 550 g/mol. The molecule has 190 valence electrons. The van der Waals surface area contributed by atoms with Crippen molar-refractivity contribution in [3.63, 3.8) is 0 Å². The number of halogens is 1. The molecule has 3 aliphatic rings. The summed E-state index contributed by atoms with van der Waals surface area (Å²) >= 11 is 0.879. The number of hydrogen-bond acceptors (Lipinski definition) is 6. The van der Waals surface area contributed by atoms with E-state index >= 15 is 4.39 Å². The van der Waals surface area contributed by atoms with Crippen LogP contribution in [-0.4, -0.2) is 63.1 Å². The van der Waals surface area contributed by atoms with Crippen molar-refractivity contribution in [1.82, 2.24) is 13.4 Å². The first-order chi connectivity index (χ1) is 16.5. The molecule has 2 heterocycles. The second-order valence-corrected chi connectivity index (χ2v) is 11.9. The van der Waals surface area contributed by atoms with E-state index in [4.69, 9.17) is 9.47 Å². The van der Waals surface area contributed by atoms with Crippen molar-refractivity contribution < 1.29 is 18.7 Å². The van der Waals surface area contributed by atoms with Crippen molar-refractivity contribution in [2.24, 2.45) is 11.8 Å². The van der Waals surface area contributed by atoms with Crippen LogP contribution in [0.15, 0.2) is 15.7 Å². The molecular formula is C24H32AsFN4O5. The van der Waals surface area contributed by atoms with E-state index in [-0.39, 0.29) is 46.4 Å². The predicted octanol–water partition coefficient (Wildman–Crippen LogP) is 1.78. The fourth-order valence-corrected chi connectivity index (χ4v) is 6.24. The number of aromatic nitrogens is 2. The number of hydrogen-bond donors (Lipinski definition) is 1. The quantitative estimate of drug-likeness (QED) is 0.584. The van der Waals surface area contributed by atoms with Gasteiger partial charge < -0.3 is 4.74 Å². The van der Waals surface area contributed by atoms with Gasteiger partial charge in [0, 0.05) is 0 Å². The Kier molecular flexibility index (Phi) is 5.93. The Morgan fingerprint density at radius 2 is 1.89 bits per heavy atom. The van der Waals surface area contributed by atoms with Crippen molar-refractivity contribution in [3.05, 3.63) is 32.7 Å². The van der Waals surface area contributed by atoms with Crippen LogP contribution < -0.4 is 26.2 Å². The van der Waals surface area contributed by atoms with Crippen LogP contribution in [0.25, 0.3) is 10.9 Å². The van der Waals surface area contributed by atoms with E-state index in [1.165, 1.54) is 13.2 Å². The summed E-state index contributed by atoms with van der Waals surface area (Å²) in [7, 11) is 1.45. The molecule has 4 atom stereocenters. The van der Waals surface area contributed by atoms with Crippen molar-refractivity contribution >= 4 is 39.8 Å². The Bertz CT molecular complexity index is 1310. The van der Waals surface area contributed by atoms with Crippen LogP contribution in [0, 0.1) is 17.7 Å². The second-order valence-electron chi connectivity index (χ2n) is 10.9. The SMILES string of the molecule is COc1c(N2CC3CCC(NC(=O)OC(C)(C)C)C3C2)c(F)cc2c(=O)n([AsH2])c(=O)n(C3CC3)c12. The standard InChI is InChI=1S/C24H32AsFN4O5/c1-24(2,3)35-22(32)27-17-8-5-12-10-28(11-15(12)17)19-16(26)9-14-18(20(19)34-4)29(13-6-7-13)23(33)30(25)21(14)31/h9,12-13,15,17H,5-8,10-11,25H2,1-4H3,(H,27,32). The van der Waals surface area contributed by atoms with Crippen LogP contribution in [0.3, 0.4) is 0 Å². The molecule has 5 rings (SSSR count). The van der Waals surface area contributed by atoms with Gasteiger partial charge in [0.1, 0.15) is 5.60 Å². The molecule has 35 heavy (non-hydrogen) atoms. The third kappa shape index (κ3) is 4.24. The number of rotatable bonds is 4. The summed E-state index contributed by atoms with van der Waals surface area (Å²) in [5, 5.41) is 3.16. The van der Waals surface area contributed by atoms with Gasteiger partial charge >= 0.3 is 175 Å². The van der Waals surface area contributed by atoms with Crippen molar-refractivity contribution in [1.29, 1.82) is 0 Å². The number of nitrogens with one attached hydrogen (secondary N) is 1. The van der Waals surface area contributed by atoms with E-state index in [0.717, 1.165) is 46.2 Å². The molecule has 3 fully saturated rings. The van der Waals surface area contributed by atoms with Crippen LogP contribution in [0.5, 0.6) is 5.75 Å². The van der Waals surface area contributed by atoms with Gasteiger partial charge in [0.05, 0.1) is 0 Å². The first kappa shape index (κ1) is 24.2. The predicted molar refractivity (Wildman–Crippen MR) is 133 cm³/mol. The summed E-state index contributed by atoms with van der Waals surface area (Å²) in [6.07, 6.45) is 2.99. The zero-order chi connectivity index (χ0) is 25.2. The minimum absolute atomic E-state index is 0.0137. The number of carbonyl (C=O) groups is 1. The van der Waals surface area contributed by atoms with Gasteiger partial charge in [-0.2, -0.15) is 0 Å². The van der Waals surface area contributed by atoms with Gasteiger partial charge in [0.25, 0.3) is 0 Å². The van der Waals surface area contributed by atoms with Crippen molar-refractivity contribution in [2.45, 2.75) is 64.1 Å². The Hall–Kier alpha value is -2.48. The van der Waals surface area contributed by atoms with E-state index in [0.29, 0.717) is 18.6 Å². The number of ether oxygens (including phenoxy) is 2. The molecule has 1 aromatic heterocycles. The molecule has 1 amide bonds. The minimum atomic E-state index is -0.582. The Balaban J connectivity index is 1.52. The van der Waals surface area contributed by atoms with Gasteiger partial charge in [0.2, 0.25) is 0 Å². The summed E-state index contributed by atoms with van der Waals surface area (Å²) in [5.74, 6) is 0.105. The van der Waals surface area contributed by atoms with E-state index in [1.807, 2.05) is 25.7 Å². The fourth-order valence-electron chi connectivity index (χ4n) is 5.68. The third-order valence-electron chi connectivity index (χ3n) is 7.28. The molecule has 1 N–H and O–H groups in total. The molecule has 11 heteroatoms. The normalized spacial score (nSPS) is 24.1. The van der Waals surface area contributed by atoms with Crippen LogP contribution in [0.1, 0.15) is 52.5 Å². The molecule has 1 saturated heterocycles. The average Bonchev–Trinajstić information content (AvgIpc) is 3.41. The number of anilines is 1. The number of benzene rings is 1. The number of methoxy groups -OCH3 is 1. The first-order valence-corrected chi connectivity index (χ1v) is 13.2. The maximum absolute atomic E-state index is 15.6. The van der Waals surface area contributed by atoms with Crippen LogP contribution in [0.4, 0.5) is 14.9 Å². The molecule has 1 aliphatic heterocycles. The van der Waals surface area contributed by atoms with E-state index in [1.54, 1.807) is 4.57 Å². The van der Waals surface area contributed by atoms with Crippen LogP contribution in [0.2, 0.25) is 0 Å². The fraction of sp³-hybridized carbons (Fsp3) is 0.625. The average molecular weight is 550 g/mol. The molecule has 2 saturated carbocycles. The Morgan fingerprint density at radius 1 is 1.17 bits per heavy atom. The number of amides is 1.